The number of carbonyl (C=O) groups excluding carboxylic acids is 5. The van der Waals surface area contributed by atoms with E-state index in [4.69, 9.17) is 22.3 Å². The number of aromatic amines is 1. The van der Waals surface area contributed by atoms with Crippen molar-refractivity contribution in [1.82, 2.24) is 46.5 Å². The summed E-state index contributed by atoms with van der Waals surface area (Å²) in [5, 5.41) is 41.9. The number of aliphatic imine (C=N–C) groups is 1. The van der Waals surface area contributed by atoms with Crippen LogP contribution in [0.3, 0.4) is 0 Å². The third kappa shape index (κ3) is 15.9. The number of hydrogen-bond donors (Lipinski definition) is 13. The summed E-state index contributed by atoms with van der Waals surface area (Å²) in [7, 11) is 0. The van der Waals surface area contributed by atoms with Gasteiger partial charge < -0.3 is 64.4 Å². The Morgan fingerprint density at radius 1 is 0.783 bits per heavy atom. The van der Waals surface area contributed by atoms with Gasteiger partial charge in [0.2, 0.25) is 29.6 Å². The molecule has 26 nitrogen and oxygen atoms in total. The molecule has 3 aromatic rings. The molecule has 0 fully saturated rings. The highest BCUT2D eigenvalue weighted by atomic mass is 16.4. The number of anilines is 2. The highest BCUT2D eigenvalue weighted by Gasteiger charge is 2.31. The number of rotatable bonds is 24. The van der Waals surface area contributed by atoms with Crippen LogP contribution in [0.25, 0.3) is 11.2 Å². The van der Waals surface area contributed by atoms with Crippen molar-refractivity contribution in [2.24, 2.45) is 16.5 Å². The van der Waals surface area contributed by atoms with Gasteiger partial charge in [-0.1, -0.05) is 0 Å². The standard InChI is InChI=1S/C34H44N14O12/c35-33(36)39-10-1-3-19(30(58)46-20(11-23(50)51)29(57)42-15-25(54)55)45-31(59)21(12-24(52)53)44-22(49)4-2-9-38-28(56)16-5-7-17(8-6-16)40-13-18-14-41-27-26(43-18)32(60)48-34(37)47-27/h5-8,14,19-21,40H,1-4,9-13,15H2,(H,38,56)(H,42,57)(H,44,49)(H,45,59)(H,46,58)(H,50,51)(H,52,53)(H,54,55)(H4,35,36,39)(H3,37,41,47,48,60)/t19-,20?,21-/m0/s1. The van der Waals surface area contributed by atoms with Crippen LogP contribution >= 0.6 is 0 Å². The fourth-order valence-corrected chi connectivity index (χ4v) is 5.18. The predicted octanol–water partition coefficient (Wildman–Crippen LogP) is -3.92. The second-order valence-electron chi connectivity index (χ2n) is 12.8. The van der Waals surface area contributed by atoms with Gasteiger partial charge in [-0.05, 0) is 43.5 Å². The van der Waals surface area contributed by atoms with E-state index >= 15 is 0 Å². The molecule has 2 aromatic heterocycles. The Kier molecular flexibility index (Phi) is 17.6. The van der Waals surface area contributed by atoms with Crippen LogP contribution in [0.1, 0.15) is 54.6 Å². The number of nitrogen functional groups attached to an aromatic ring is 1. The zero-order chi connectivity index (χ0) is 44.4. The molecule has 0 aliphatic rings. The van der Waals surface area contributed by atoms with Crippen molar-refractivity contribution < 1.29 is 53.7 Å². The summed E-state index contributed by atoms with van der Waals surface area (Å²) in [6.45, 7) is -0.708. The summed E-state index contributed by atoms with van der Waals surface area (Å²) in [5.74, 6) is -9.41. The predicted molar refractivity (Wildman–Crippen MR) is 209 cm³/mol. The number of guanidine groups is 1. The van der Waals surface area contributed by atoms with Crippen molar-refractivity contribution in [2.75, 3.05) is 30.7 Å². The number of fused-ring (bicyclic) bond motifs is 1. The molecule has 1 aromatic carbocycles. The molecule has 3 atom stereocenters. The molecule has 0 saturated carbocycles. The number of nitrogens with zero attached hydrogens (tertiary/aromatic N) is 4. The summed E-state index contributed by atoms with van der Waals surface area (Å²) in [5.41, 5.74) is 17.1. The lowest BCUT2D eigenvalue weighted by Gasteiger charge is -2.24. The lowest BCUT2D eigenvalue weighted by atomic mass is 10.1. The number of H-pyrrole nitrogens is 1. The van der Waals surface area contributed by atoms with Crippen LogP contribution in [-0.2, 0) is 40.1 Å². The Labute approximate surface area is 338 Å². The molecule has 1 unspecified atom stereocenters. The zero-order valence-electron chi connectivity index (χ0n) is 31.7. The Morgan fingerprint density at radius 3 is 2.05 bits per heavy atom. The molecule has 5 amide bonds. The van der Waals surface area contributed by atoms with E-state index in [9.17, 15) is 53.4 Å². The van der Waals surface area contributed by atoms with Crippen LogP contribution in [-0.4, -0.2) is 126 Å². The minimum atomic E-state index is -1.77. The van der Waals surface area contributed by atoms with E-state index in [1.54, 1.807) is 12.1 Å². The van der Waals surface area contributed by atoms with Crippen molar-refractivity contribution in [3.05, 3.63) is 52.1 Å². The van der Waals surface area contributed by atoms with E-state index in [1.807, 2.05) is 5.32 Å². The number of aromatic nitrogens is 4. The average molecular weight is 841 g/mol. The summed E-state index contributed by atoms with van der Waals surface area (Å²) in [6, 6.07) is 1.33. The molecular formula is C34H44N14O12. The van der Waals surface area contributed by atoms with Crippen molar-refractivity contribution in [3.8, 4) is 0 Å². The summed E-state index contributed by atoms with van der Waals surface area (Å²) >= 11 is 0. The first kappa shape index (κ1) is 46.5. The Bertz CT molecular complexity index is 2160. The smallest absolute Gasteiger partial charge is 0.322 e. The first-order valence-corrected chi connectivity index (χ1v) is 17.9. The lowest BCUT2D eigenvalue weighted by Crippen LogP contribution is -2.57. The van der Waals surface area contributed by atoms with E-state index in [0.717, 1.165) is 0 Å². The van der Waals surface area contributed by atoms with Gasteiger partial charge in [-0.15, -0.1) is 0 Å². The Morgan fingerprint density at radius 2 is 1.42 bits per heavy atom. The van der Waals surface area contributed by atoms with E-state index in [0.29, 0.717) is 11.4 Å². The van der Waals surface area contributed by atoms with Crippen LogP contribution in [0.15, 0.2) is 40.2 Å². The van der Waals surface area contributed by atoms with Gasteiger partial charge in [0.1, 0.15) is 24.7 Å². The van der Waals surface area contributed by atoms with Crippen LogP contribution < -0.4 is 54.7 Å². The molecule has 26 heteroatoms. The molecule has 0 radical (unpaired) electrons. The number of carboxylic acids is 3. The number of carbonyl (C=O) groups is 8. The molecule has 60 heavy (non-hydrogen) atoms. The molecule has 0 saturated heterocycles. The van der Waals surface area contributed by atoms with Crippen molar-refractivity contribution in [3.63, 3.8) is 0 Å². The maximum absolute atomic E-state index is 13.3. The van der Waals surface area contributed by atoms with Gasteiger partial charge in [-0.2, -0.15) is 4.98 Å². The number of hydrogen-bond acceptors (Lipinski definition) is 15. The van der Waals surface area contributed by atoms with Crippen LogP contribution in [0.2, 0.25) is 0 Å². The highest BCUT2D eigenvalue weighted by Crippen LogP contribution is 2.12. The van der Waals surface area contributed by atoms with E-state index in [-0.39, 0.29) is 74.0 Å². The fraction of sp³-hybridized carbons (Fsp3) is 0.382. The van der Waals surface area contributed by atoms with Gasteiger partial charge in [-0.25, -0.2) is 9.97 Å². The quantitative estimate of drug-likeness (QED) is 0.0233. The minimum absolute atomic E-state index is 0.0118. The fourth-order valence-electron chi connectivity index (χ4n) is 5.18. The second-order valence-corrected chi connectivity index (χ2v) is 12.8. The number of aliphatic carboxylic acids is 3. The van der Waals surface area contributed by atoms with E-state index in [1.165, 1.54) is 18.3 Å². The van der Waals surface area contributed by atoms with Gasteiger partial charge in [-0.3, -0.25) is 53.1 Å². The minimum Gasteiger partial charge on any atom is -0.481 e. The molecule has 0 aliphatic heterocycles. The summed E-state index contributed by atoms with van der Waals surface area (Å²) < 4.78 is 0. The van der Waals surface area contributed by atoms with Crippen LogP contribution in [0.5, 0.6) is 0 Å². The van der Waals surface area contributed by atoms with Crippen molar-refractivity contribution in [2.45, 2.75) is 63.2 Å². The summed E-state index contributed by atoms with van der Waals surface area (Å²) in [6.07, 6.45) is -0.789. The zero-order valence-corrected chi connectivity index (χ0v) is 31.7. The molecule has 3 rings (SSSR count). The molecule has 0 spiro atoms. The third-order valence-electron chi connectivity index (χ3n) is 8.01. The van der Waals surface area contributed by atoms with E-state index < -0.39 is 90.5 Å². The highest BCUT2D eigenvalue weighted by molar-refractivity contribution is 5.97. The molecule has 2 heterocycles. The monoisotopic (exact) mass is 840 g/mol. The largest absolute Gasteiger partial charge is 0.481 e. The molecular weight excluding hydrogens is 796 g/mol. The van der Waals surface area contributed by atoms with Crippen molar-refractivity contribution >= 4 is 76.2 Å². The average Bonchev–Trinajstić information content (AvgIpc) is 3.18. The topological polar surface area (TPSA) is 431 Å². The normalized spacial score (nSPS) is 12.1. The number of benzene rings is 1. The second kappa shape index (κ2) is 22.7. The SMILES string of the molecule is NC(N)=NCCC[C@H](NC(=O)[C@H](CC(=O)O)NC(=O)CCCNC(=O)c1ccc(NCc2cnc3nc(N)[nH]c(=O)c3n2)cc1)C(=O)NC(CC(=O)O)C(=O)NCC(=O)O. The number of carboxylic acid groups (broad SMARTS) is 3. The Balaban J connectivity index is 1.55. The van der Waals surface area contributed by atoms with Gasteiger partial charge in [0, 0.05) is 30.8 Å². The molecule has 16 N–H and O–H groups in total. The molecule has 322 valence electrons. The molecule has 0 bridgehead atoms. The first-order valence-electron chi connectivity index (χ1n) is 17.9. The number of nitrogens with one attached hydrogen (secondary N) is 7. The number of nitrogens with two attached hydrogens (primary N) is 3. The van der Waals surface area contributed by atoms with Gasteiger partial charge in [0.25, 0.3) is 11.5 Å². The van der Waals surface area contributed by atoms with E-state index in [2.05, 4.69) is 51.5 Å². The van der Waals surface area contributed by atoms with Crippen molar-refractivity contribution in [1.29, 1.82) is 0 Å². The van der Waals surface area contributed by atoms with Gasteiger partial charge in [0.15, 0.2) is 17.1 Å². The third-order valence-corrected chi connectivity index (χ3v) is 8.01. The van der Waals surface area contributed by atoms with Crippen LogP contribution in [0, 0.1) is 0 Å². The molecule has 0 aliphatic carbocycles. The Hall–Kier alpha value is -7.93. The van der Waals surface area contributed by atoms with Gasteiger partial charge in [0.05, 0.1) is 31.3 Å². The maximum Gasteiger partial charge on any atom is 0.322 e. The lowest BCUT2D eigenvalue weighted by molar-refractivity contribution is -0.141. The summed E-state index contributed by atoms with van der Waals surface area (Å²) in [4.78, 5) is 129. The maximum atomic E-state index is 13.3. The number of amides is 5. The van der Waals surface area contributed by atoms with Gasteiger partial charge >= 0.3 is 17.9 Å². The van der Waals surface area contributed by atoms with Crippen LogP contribution in [0.4, 0.5) is 11.6 Å². The first-order chi connectivity index (χ1) is 28.4.